The molecule has 68 valence electrons. The van der Waals surface area contributed by atoms with Gasteiger partial charge in [-0.05, 0) is 26.6 Å². The maximum atomic E-state index is 4.17. The molecule has 12 heavy (non-hydrogen) atoms. The quantitative estimate of drug-likeness (QED) is 0.645. The van der Waals surface area contributed by atoms with Crippen LogP contribution >= 0.6 is 11.3 Å². The monoisotopic (exact) mass is 185 g/mol. The van der Waals surface area contributed by atoms with Gasteiger partial charge in [-0.3, -0.25) is 0 Å². The average molecular weight is 185 g/mol. The summed E-state index contributed by atoms with van der Waals surface area (Å²) < 4.78 is 0. The Morgan fingerprint density at radius 3 is 3.08 bits per heavy atom. The predicted molar refractivity (Wildman–Crippen MR) is 52.4 cm³/mol. The lowest BCUT2D eigenvalue weighted by Crippen LogP contribution is -2.19. The minimum absolute atomic E-state index is 0.896. The normalized spacial score (nSPS) is 10.4. The topological polar surface area (TPSA) is 37.0 Å². The molecule has 1 heterocycles. The van der Waals surface area contributed by atoms with E-state index in [1.165, 1.54) is 6.42 Å². The van der Waals surface area contributed by atoms with E-state index in [0.717, 1.165) is 25.3 Å². The fourth-order valence-corrected chi connectivity index (χ4v) is 1.49. The van der Waals surface area contributed by atoms with Crippen molar-refractivity contribution >= 4 is 11.3 Å². The Hall–Kier alpha value is -0.450. The molecular formula is C8H15N3S. The van der Waals surface area contributed by atoms with Gasteiger partial charge in [-0.25, -0.2) is 4.98 Å². The predicted octanol–water partition coefficient (Wildman–Crippen LogP) is 0.842. The second-order valence-corrected chi connectivity index (χ2v) is 3.33. The second-order valence-electron chi connectivity index (χ2n) is 2.61. The molecular weight excluding hydrogens is 170 g/mol. The zero-order valence-corrected chi connectivity index (χ0v) is 8.16. The van der Waals surface area contributed by atoms with Crippen LogP contribution in [-0.4, -0.2) is 25.1 Å². The van der Waals surface area contributed by atoms with Gasteiger partial charge in [0.15, 0.2) is 0 Å². The molecule has 0 amide bonds. The van der Waals surface area contributed by atoms with Crippen molar-refractivity contribution in [3.05, 3.63) is 16.6 Å². The molecule has 0 fully saturated rings. The SMILES string of the molecule is CNCCCNCc1cscn1. The van der Waals surface area contributed by atoms with Crippen molar-refractivity contribution < 1.29 is 0 Å². The Morgan fingerprint density at radius 1 is 1.50 bits per heavy atom. The fourth-order valence-electron chi connectivity index (χ4n) is 0.931. The number of hydrogen-bond acceptors (Lipinski definition) is 4. The molecule has 1 aromatic heterocycles. The molecule has 0 aliphatic heterocycles. The first-order chi connectivity index (χ1) is 5.93. The molecule has 0 saturated heterocycles. The Morgan fingerprint density at radius 2 is 2.42 bits per heavy atom. The van der Waals surface area contributed by atoms with Gasteiger partial charge >= 0.3 is 0 Å². The summed E-state index contributed by atoms with van der Waals surface area (Å²) >= 11 is 1.64. The second kappa shape index (κ2) is 6.11. The van der Waals surface area contributed by atoms with Gasteiger partial charge in [0.2, 0.25) is 0 Å². The maximum absolute atomic E-state index is 4.17. The summed E-state index contributed by atoms with van der Waals surface area (Å²) in [7, 11) is 1.97. The van der Waals surface area contributed by atoms with Gasteiger partial charge in [0.05, 0.1) is 11.2 Å². The Bertz CT molecular complexity index is 186. The van der Waals surface area contributed by atoms with Crippen LogP contribution in [0.3, 0.4) is 0 Å². The lowest BCUT2D eigenvalue weighted by molar-refractivity contribution is 0.620. The third-order valence-corrected chi connectivity index (χ3v) is 2.21. The zero-order chi connectivity index (χ0) is 8.65. The molecule has 2 N–H and O–H groups in total. The van der Waals surface area contributed by atoms with Crippen LogP contribution < -0.4 is 10.6 Å². The van der Waals surface area contributed by atoms with E-state index >= 15 is 0 Å². The van der Waals surface area contributed by atoms with Crippen LogP contribution in [0.25, 0.3) is 0 Å². The Kier molecular flexibility index (Phi) is 4.91. The maximum Gasteiger partial charge on any atom is 0.0795 e. The lowest BCUT2D eigenvalue weighted by atomic mass is 10.4. The van der Waals surface area contributed by atoms with E-state index in [9.17, 15) is 0 Å². The largest absolute Gasteiger partial charge is 0.320 e. The zero-order valence-electron chi connectivity index (χ0n) is 7.34. The Balaban J connectivity index is 1.96. The molecule has 0 radical (unpaired) electrons. The van der Waals surface area contributed by atoms with Crippen LogP contribution in [0.1, 0.15) is 12.1 Å². The highest BCUT2D eigenvalue weighted by molar-refractivity contribution is 7.07. The first kappa shape index (κ1) is 9.64. The van der Waals surface area contributed by atoms with Crippen LogP contribution in [0.5, 0.6) is 0 Å². The van der Waals surface area contributed by atoms with Crippen molar-refractivity contribution in [1.82, 2.24) is 15.6 Å². The number of thiazole rings is 1. The molecule has 0 saturated carbocycles. The van der Waals surface area contributed by atoms with E-state index in [1.54, 1.807) is 11.3 Å². The molecule has 1 aromatic rings. The van der Waals surface area contributed by atoms with Gasteiger partial charge in [0.25, 0.3) is 0 Å². The lowest BCUT2D eigenvalue weighted by Gasteiger charge is -2.01. The first-order valence-electron chi connectivity index (χ1n) is 4.16. The fraction of sp³-hybridized carbons (Fsp3) is 0.625. The van der Waals surface area contributed by atoms with Crippen LogP contribution in [0.15, 0.2) is 10.9 Å². The standard InChI is InChI=1S/C8H15N3S/c1-9-3-2-4-10-5-8-6-12-7-11-8/h6-7,9-10H,2-5H2,1H3. The van der Waals surface area contributed by atoms with Gasteiger partial charge in [-0.2, -0.15) is 0 Å². The van der Waals surface area contributed by atoms with Crippen molar-refractivity contribution in [2.45, 2.75) is 13.0 Å². The molecule has 1 rings (SSSR count). The van der Waals surface area contributed by atoms with Crippen LogP contribution in [0.2, 0.25) is 0 Å². The van der Waals surface area contributed by atoms with Crippen molar-refractivity contribution in [3.8, 4) is 0 Å². The van der Waals surface area contributed by atoms with Crippen molar-refractivity contribution in [3.63, 3.8) is 0 Å². The van der Waals surface area contributed by atoms with E-state index in [2.05, 4.69) is 21.0 Å². The molecule has 4 heteroatoms. The summed E-state index contributed by atoms with van der Waals surface area (Å²) in [6.45, 7) is 3.02. The number of rotatable bonds is 6. The van der Waals surface area contributed by atoms with Gasteiger partial charge in [0, 0.05) is 11.9 Å². The summed E-state index contributed by atoms with van der Waals surface area (Å²) in [6.07, 6.45) is 1.17. The first-order valence-corrected chi connectivity index (χ1v) is 5.10. The summed E-state index contributed by atoms with van der Waals surface area (Å²) in [6, 6.07) is 0. The summed E-state index contributed by atoms with van der Waals surface area (Å²) in [4.78, 5) is 4.17. The average Bonchev–Trinajstić information content (AvgIpc) is 2.57. The Labute approximate surface area is 77.2 Å². The van der Waals surface area contributed by atoms with Gasteiger partial charge in [0.1, 0.15) is 0 Å². The number of aromatic nitrogens is 1. The number of nitrogens with one attached hydrogen (secondary N) is 2. The van der Waals surface area contributed by atoms with E-state index in [0.29, 0.717) is 0 Å². The third-order valence-electron chi connectivity index (χ3n) is 1.57. The number of nitrogens with zero attached hydrogens (tertiary/aromatic N) is 1. The summed E-state index contributed by atoms with van der Waals surface area (Å²) in [5, 5.41) is 8.51. The van der Waals surface area contributed by atoms with Gasteiger partial charge < -0.3 is 10.6 Å². The van der Waals surface area contributed by atoms with E-state index < -0.39 is 0 Å². The van der Waals surface area contributed by atoms with E-state index in [-0.39, 0.29) is 0 Å². The summed E-state index contributed by atoms with van der Waals surface area (Å²) in [5.41, 5.74) is 3.01. The molecule has 0 aromatic carbocycles. The third kappa shape index (κ3) is 3.80. The minimum atomic E-state index is 0.896. The molecule has 3 nitrogen and oxygen atoms in total. The molecule has 0 unspecified atom stereocenters. The molecule has 0 aliphatic rings. The van der Waals surface area contributed by atoms with Gasteiger partial charge in [-0.15, -0.1) is 11.3 Å². The van der Waals surface area contributed by atoms with E-state index in [1.807, 2.05) is 12.6 Å². The van der Waals surface area contributed by atoms with E-state index in [4.69, 9.17) is 0 Å². The molecule has 0 spiro atoms. The van der Waals surface area contributed by atoms with Crippen LogP contribution in [-0.2, 0) is 6.54 Å². The number of hydrogen-bond donors (Lipinski definition) is 2. The summed E-state index contributed by atoms with van der Waals surface area (Å²) in [5.74, 6) is 0. The van der Waals surface area contributed by atoms with Crippen molar-refractivity contribution in [2.75, 3.05) is 20.1 Å². The minimum Gasteiger partial charge on any atom is -0.320 e. The highest BCUT2D eigenvalue weighted by Gasteiger charge is 1.92. The van der Waals surface area contributed by atoms with Crippen molar-refractivity contribution in [1.29, 1.82) is 0 Å². The van der Waals surface area contributed by atoms with Crippen molar-refractivity contribution in [2.24, 2.45) is 0 Å². The molecule has 0 aliphatic carbocycles. The van der Waals surface area contributed by atoms with Crippen LogP contribution in [0, 0.1) is 0 Å². The molecule has 0 atom stereocenters. The van der Waals surface area contributed by atoms with Crippen LogP contribution in [0.4, 0.5) is 0 Å². The molecule has 0 bridgehead atoms. The highest BCUT2D eigenvalue weighted by atomic mass is 32.1. The van der Waals surface area contributed by atoms with Gasteiger partial charge in [-0.1, -0.05) is 0 Å². The highest BCUT2D eigenvalue weighted by Crippen LogP contribution is 1.99. The smallest absolute Gasteiger partial charge is 0.0795 e.